The summed E-state index contributed by atoms with van der Waals surface area (Å²) in [5.74, 6) is 0.801. The van der Waals surface area contributed by atoms with Gasteiger partial charge in [0.2, 0.25) is 0 Å². The number of hydrogen-bond acceptors (Lipinski definition) is 5. The van der Waals surface area contributed by atoms with E-state index >= 15 is 0 Å². The van der Waals surface area contributed by atoms with E-state index in [1.807, 2.05) is 0 Å². The molecule has 0 N–H and O–H groups in total. The molecule has 108 valence electrons. The molecule has 10 heteroatoms. The predicted molar refractivity (Wildman–Crippen MR) is 74.8 cm³/mol. The van der Waals surface area contributed by atoms with Crippen molar-refractivity contribution in [3.63, 3.8) is 0 Å². The van der Waals surface area contributed by atoms with Crippen LogP contribution in [0.1, 0.15) is 5.82 Å². The van der Waals surface area contributed by atoms with Crippen LogP contribution in [0, 0.1) is 0 Å². The molecule has 0 radical (unpaired) electrons. The van der Waals surface area contributed by atoms with Gasteiger partial charge in [0.15, 0.2) is 5.82 Å². The summed E-state index contributed by atoms with van der Waals surface area (Å²) in [5, 5.41) is 3.67. The van der Waals surface area contributed by atoms with Crippen molar-refractivity contribution in [1.82, 2.24) is 14.8 Å². The van der Waals surface area contributed by atoms with Crippen LogP contribution in [0.5, 0.6) is 5.75 Å². The van der Waals surface area contributed by atoms with E-state index in [4.69, 9.17) is 38.6 Å². The van der Waals surface area contributed by atoms with Gasteiger partial charge in [0.05, 0.1) is 5.02 Å². The molecule has 1 heterocycles. The number of benzene rings is 1. The van der Waals surface area contributed by atoms with Gasteiger partial charge in [-0.3, -0.25) is 4.68 Å². The van der Waals surface area contributed by atoms with Gasteiger partial charge in [0.25, 0.3) is 9.05 Å². The van der Waals surface area contributed by atoms with Crippen molar-refractivity contribution >= 4 is 42.9 Å². The molecule has 0 spiro atoms. The van der Waals surface area contributed by atoms with Crippen LogP contribution in [0.25, 0.3) is 0 Å². The van der Waals surface area contributed by atoms with Gasteiger partial charge in [0.1, 0.15) is 28.6 Å². The second-order valence-corrected chi connectivity index (χ2v) is 7.01. The molecule has 0 aliphatic carbocycles. The SMILES string of the molecule is Cn1ncnc1COc1ccc(S(=O)(=O)Cl)c(Cl)c1Cl. The first kappa shape index (κ1) is 15.4. The summed E-state index contributed by atoms with van der Waals surface area (Å²) in [5.41, 5.74) is 0. The van der Waals surface area contributed by atoms with Crippen LogP contribution in [0.3, 0.4) is 0 Å². The van der Waals surface area contributed by atoms with Crippen molar-refractivity contribution in [2.24, 2.45) is 7.05 Å². The van der Waals surface area contributed by atoms with E-state index in [1.54, 1.807) is 7.05 Å². The van der Waals surface area contributed by atoms with Crippen molar-refractivity contribution < 1.29 is 13.2 Å². The molecule has 0 fully saturated rings. The zero-order chi connectivity index (χ0) is 14.9. The van der Waals surface area contributed by atoms with Gasteiger partial charge in [-0.05, 0) is 12.1 Å². The highest BCUT2D eigenvalue weighted by atomic mass is 35.7. The quantitative estimate of drug-likeness (QED) is 0.787. The van der Waals surface area contributed by atoms with Crippen molar-refractivity contribution in [2.75, 3.05) is 0 Å². The number of halogens is 3. The molecule has 1 aromatic heterocycles. The zero-order valence-electron chi connectivity index (χ0n) is 10.0. The molecule has 1 aromatic carbocycles. The molecule has 20 heavy (non-hydrogen) atoms. The summed E-state index contributed by atoms with van der Waals surface area (Å²) in [6.45, 7) is 0.111. The lowest BCUT2D eigenvalue weighted by molar-refractivity contribution is 0.290. The van der Waals surface area contributed by atoms with Gasteiger partial charge in [-0.2, -0.15) is 5.10 Å². The topological polar surface area (TPSA) is 74.1 Å². The average Bonchev–Trinajstić information content (AvgIpc) is 2.75. The van der Waals surface area contributed by atoms with Crippen LogP contribution < -0.4 is 4.74 Å². The second-order valence-electron chi connectivity index (χ2n) is 3.72. The fourth-order valence-electron chi connectivity index (χ4n) is 1.41. The number of hydrogen-bond donors (Lipinski definition) is 0. The summed E-state index contributed by atoms with van der Waals surface area (Å²) in [4.78, 5) is 3.71. The van der Waals surface area contributed by atoms with E-state index < -0.39 is 9.05 Å². The lowest BCUT2D eigenvalue weighted by atomic mass is 10.3. The molecular formula is C10H8Cl3N3O3S. The predicted octanol–water partition coefficient (Wildman–Crippen LogP) is 2.63. The molecule has 0 amide bonds. The molecule has 0 unspecified atom stereocenters. The Balaban J connectivity index is 2.27. The van der Waals surface area contributed by atoms with Gasteiger partial charge < -0.3 is 4.74 Å². The molecule has 2 rings (SSSR count). The van der Waals surface area contributed by atoms with E-state index in [0.29, 0.717) is 5.82 Å². The minimum absolute atomic E-state index is 0.0319. The molecule has 0 aliphatic heterocycles. The summed E-state index contributed by atoms with van der Waals surface area (Å²) in [7, 11) is 2.98. The smallest absolute Gasteiger partial charge is 0.262 e. The Bertz CT molecular complexity index is 745. The van der Waals surface area contributed by atoms with Crippen LogP contribution >= 0.6 is 33.9 Å². The van der Waals surface area contributed by atoms with Gasteiger partial charge in [-0.1, -0.05) is 23.2 Å². The van der Waals surface area contributed by atoms with E-state index in [1.165, 1.54) is 23.1 Å². The highest BCUT2D eigenvalue weighted by Crippen LogP contribution is 2.38. The number of rotatable bonds is 4. The third-order valence-electron chi connectivity index (χ3n) is 2.44. The van der Waals surface area contributed by atoms with Crippen LogP contribution in [0.4, 0.5) is 0 Å². The Kier molecular flexibility index (Phi) is 4.43. The Morgan fingerprint density at radius 3 is 2.55 bits per heavy atom. The van der Waals surface area contributed by atoms with Crippen LogP contribution in [0.2, 0.25) is 10.0 Å². The first-order chi connectivity index (χ1) is 9.30. The van der Waals surface area contributed by atoms with Crippen molar-refractivity contribution in [1.29, 1.82) is 0 Å². The normalized spacial score (nSPS) is 11.6. The molecular weight excluding hydrogens is 349 g/mol. The van der Waals surface area contributed by atoms with Gasteiger partial charge in [-0.15, -0.1) is 0 Å². The Morgan fingerprint density at radius 1 is 1.30 bits per heavy atom. The van der Waals surface area contributed by atoms with E-state index in [0.717, 1.165) is 0 Å². The van der Waals surface area contributed by atoms with Crippen LogP contribution in [-0.4, -0.2) is 23.2 Å². The minimum atomic E-state index is -3.96. The second kappa shape index (κ2) is 5.77. The Morgan fingerprint density at radius 2 is 2.00 bits per heavy atom. The maximum absolute atomic E-state index is 11.3. The zero-order valence-corrected chi connectivity index (χ0v) is 13.1. The maximum Gasteiger partial charge on any atom is 0.262 e. The van der Waals surface area contributed by atoms with Gasteiger partial charge >= 0.3 is 0 Å². The van der Waals surface area contributed by atoms with E-state index in [2.05, 4.69) is 10.1 Å². The number of aryl methyl sites for hydroxylation is 1. The fourth-order valence-corrected chi connectivity index (χ4v) is 3.19. The highest BCUT2D eigenvalue weighted by Gasteiger charge is 2.20. The molecule has 0 bridgehead atoms. The standard InChI is InChI=1S/C10H8Cl3N3O3S/c1-16-8(14-5-15-16)4-19-6-2-3-7(20(13,17)18)10(12)9(6)11/h2-3,5H,4H2,1H3. The minimum Gasteiger partial charge on any atom is -0.484 e. The third kappa shape index (κ3) is 3.17. The lowest BCUT2D eigenvalue weighted by Gasteiger charge is -2.10. The molecule has 0 saturated heterocycles. The molecule has 6 nitrogen and oxygen atoms in total. The molecule has 0 saturated carbocycles. The van der Waals surface area contributed by atoms with Gasteiger partial charge in [0, 0.05) is 17.7 Å². The first-order valence-electron chi connectivity index (χ1n) is 5.19. The molecule has 0 atom stereocenters. The molecule has 0 aliphatic rings. The average molecular weight is 357 g/mol. The Hall–Kier alpha value is -1.02. The highest BCUT2D eigenvalue weighted by molar-refractivity contribution is 8.13. The van der Waals surface area contributed by atoms with Gasteiger partial charge in [-0.25, -0.2) is 13.4 Å². The Labute approximate surface area is 129 Å². The summed E-state index contributed by atoms with van der Waals surface area (Å²) in [6.07, 6.45) is 1.39. The number of aromatic nitrogens is 3. The monoisotopic (exact) mass is 355 g/mol. The number of ether oxygens (including phenoxy) is 1. The van der Waals surface area contributed by atoms with Crippen LogP contribution in [0.15, 0.2) is 23.4 Å². The van der Waals surface area contributed by atoms with E-state index in [-0.39, 0.29) is 27.3 Å². The maximum atomic E-state index is 11.3. The number of nitrogens with zero attached hydrogens (tertiary/aromatic N) is 3. The summed E-state index contributed by atoms with van der Waals surface area (Å²) >= 11 is 11.8. The van der Waals surface area contributed by atoms with Crippen molar-refractivity contribution in [3.8, 4) is 5.75 Å². The van der Waals surface area contributed by atoms with Crippen molar-refractivity contribution in [3.05, 3.63) is 34.3 Å². The largest absolute Gasteiger partial charge is 0.484 e. The summed E-state index contributed by atoms with van der Waals surface area (Å²) < 4.78 is 29.5. The first-order valence-corrected chi connectivity index (χ1v) is 8.25. The summed E-state index contributed by atoms with van der Waals surface area (Å²) in [6, 6.07) is 2.60. The lowest BCUT2D eigenvalue weighted by Crippen LogP contribution is -2.05. The van der Waals surface area contributed by atoms with Crippen molar-refractivity contribution in [2.45, 2.75) is 11.5 Å². The van der Waals surface area contributed by atoms with E-state index in [9.17, 15) is 8.42 Å². The van der Waals surface area contributed by atoms with Crippen LogP contribution in [-0.2, 0) is 22.7 Å². The fraction of sp³-hybridized carbons (Fsp3) is 0.200. The third-order valence-corrected chi connectivity index (χ3v) is 4.78. The molecule has 2 aromatic rings.